The molecule has 4 heteroatoms. The molecule has 0 aliphatic carbocycles. The van der Waals surface area contributed by atoms with Gasteiger partial charge in [0.05, 0.1) is 5.56 Å². The number of hydrogen-bond acceptors (Lipinski definition) is 3. The number of hydrogen-bond donors (Lipinski definition) is 1. The minimum absolute atomic E-state index is 0.328. The highest BCUT2D eigenvalue weighted by Gasteiger charge is 2.15. The van der Waals surface area contributed by atoms with Crippen molar-refractivity contribution < 1.29 is 19.0 Å². The Balaban J connectivity index is 2.44. The fourth-order valence-electron chi connectivity index (χ4n) is 0.951. The Labute approximate surface area is 87.5 Å². The third kappa shape index (κ3) is 3.67. The van der Waals surface area contributed by atoms with E-state index in [0.717, 1.165) is 0 Å². The molecule has 1 rings (SSSR count). The van der Waals surface area contributed by atoms with Gasteiger partial charge in [0.1, 0.15) is 18.9 Å². The van der Waals surface area contributed by atoms with Gasteiger partial charge in [0.15, 0.2) is 0 Å². The van der Waals surface area contributed by atoms with Crippen molar-refractivity contribution in [3.63, 3.8) is 0 Å². The monoisotopic (exact) mass is 212 g/mol. The lowest BCUT2D eigenvalue weighted by atomic mass is 10.2. The maximum atomic E-state index is 12.5. The molecule has 0 spiro atoms. The van der Waals surface area contributed by atoms with Gasteiger partial charge in [0, 0.05) is 0 Å². The standard InChI is InChI=1S/C11H13FO3/c1-8(12)10(13)7-15-11(14)9-5-3-2-4-6-9/h2-6,8,10,13H,7H2,1H3. The van der Waals surface area contributed by atoms with Gasteiger partial charge in [0.25, 0.3) is 0 Å². The normalized spacial score (nSPS) is 14.3. The number of halogens is 1. The van der Waals surface area contributed by atoms with Crippen LogP contribution in [-0.2, 0) is 4.74 Å². The molecule has 0 aliphatic heterocycles. The molecule has 1 N–H and O–H groups in total. The quantitative estimate of drug-likeness (QED) is 0.770. The van der Waals surface area contributed by atoms with Crippen molar-refractivity contribution in [2.24, 2.45) is 0 Å². The maximum Gasteiger partial charge on any atom is 0.338 e. The second kappa shape index (κ2) is 5.46. The van der Waals surface area contributed by atoms with Crippen molar-refractivity contribution in [1.82, 2.24) is 0 Å². The van der Waals surface area contributed by atoms with Crippen molar-refractivity contribution in [2.75, 3.05) is 6.61 Å². The highest BCUT2D eigenvalue weighted by atomic mass is 19.1. The second-order valence-electron chi connectivity index (χ2n) is 3.21. The fraction of sp³-hybridized carbons (Fsp3) is 0.364. The zero-order chi connectivity index (χ0) is 11.3. The first kappa shape index (κ1) is 11.7. The summed E-state index contributed by atoms with van der Waals surface area (Å²) < 4.78 is 17.2. The molecule has 0 heterocycles. The summed E-state index contributed by atoms with van der Waals surface area (Å²) in [5, 5.41) is 9.07. The van der Waals surface area contributed by atoms with Crippen LogP contribution in [0.3, 0.4) is 0 Å². The number of rotatable bonds is 4. The highest BCUT2D eigenvalue weighted by molar-refractivity contribution is 5.89. The first-order chi connectivity index (χ1) is 7.11. The van der Waals surface area contributed by atoms with Crippen LogP contribution in [0.15, 0.2) is 30.3 Å². The number of aliphatic hydroxyl groups excluding tert-OH is 1. The van der Waals surface area contributed by atoms with Gasteiger partial charge in [0.2, 0.25) is 0 Å². The Bertz CT molecular complexity index is 311. The number of carbonyl (C=O) groups excluding carboxylic acids is 1. The van der Waals surface area contributed by atoms with Crippen LogP contribution in [0, 0.1) is 0 Å². The zero-order valence-corrected chi connectivity index (χ0v) is 8.39. The van der Waals surface area contributed by atoms with Crippen LogP contribution in [0.5, 0.6) is 0 Å². The van der Waals surface area contributed by atoms with Crippen molar-refractivity contribution in [1.29, 1.82) is 0 Å². The van der Waals surface area contributed by atoms with Gasteiger partial charge in [-0.15, -0.1) is 0 Å². The van der Waals surface area contributed by atoms with E-state index in [1.54, 1.807) is 30.3 Å². The van der Waals surface area contributed by atoms with Gasteiger partial charge in [-0.25, -0.2) is 9.18 Å². The molecule has 2 unspecified atom stereocenters. The summed E-state index contributed by atoms with van der Waals surface area (Å²) in [5.74, 6) is -0.560. The Kier molecular flexibility index (Phi) is 4.24. The van der Waals surface area contributed by atoms with Crippen molar-refractivity contribution in [3.8, 4) is 0 Å². The van der Waals surface area contributed by atoms with E-state index in [1.807, 2.05) is 0 Å². The topological polar surface area (TPSA) is 46.5 Å². The van der Waals surface area contributed by atoms with Gasteiger partial charge in [-0.3, -0.25) is 0 Å². The van der Waals surface area contributed by atoms with E-state index in [4.69, 9.17) is 9.84 Å². The molecule has 0 fully saturated rings. The molecule has 0 saturated carbocycles. The predicted octanol–water partition coefficient (Wildman–Crippen LogP) is 1.56. The Hall–Kier alpha value is -1.42. The smallest absolute Gasteiger partial charge is 0.338 e. The summed E-state index contributed by atoms with van der Waals surface area (Å²) in [6.45, 7) is 0.881. The SMILES string of the molecule is CC(F)C(O)COC(=O)c1ccccc1. The number of alkyl halides is 1. The Morgan fingerprint density at radius 1 is 1.47 bits per heavy atom. The predicted molar refractivity (Wildman–Crippen MR) is 53.3 cm³/mol. The molecular formula is C11H13FO3. The fourth-order valence-corrected chi connectivity index (χ4v) is 0.951. The maximum absolute atomic E-state index is 12.5. The number of benzene rings is 1. The zero-order valence-electron chi connectivity index (χ0n) is 8.39. The minimum atomic E-state index is -1.41. The first-order valence-electron chi connectivity index (χ1n) is 4.65. The van der Waals surface area contributed by atoms with E-state index < -0.39 is 18.2 Å². The molecule has 0 bridgehead atoms. The summed E-state index contributed by atoms with van der Waals surface area (Å²) in [6, 6.07) is 8.35. The van der Waals surface area contributed by atoms with E-state index in [1.165, 1.54) is 6.92 Å². The van der Waals surface area contributed by atoms with Crippen molar-refractivity contribution in [3.05, 3.63) is 35.9 Å². The highest BCUT2D eigenvalue weighted by Crippen LogP contribution is 2.03. The summed E-state index contributed by atoms with van der Waals surface area (Å²) in [5.41, 5.74) is 0.385. The van der Waals surface area contributed by atoms with Crippen LogP contribution >= 0.6 is 0 Å². The van der Waals surface area contributed by atoms with E-state index in [2.05, 4.69) is 0 Å². The summed E-state index contributed by atoms with van der Waals surface area (Å²) >= 11 is 0. The van der Waals surface area contributed by atoms with Crippen LogP contribution in [-0.4, -0.2) is 30.0 Å². The molecule has 1 aromatic carbocycles. The van der Waals surface area contributed by atoms with Crippen LogP contribution in [0.25, 0.3) is 0 Å². The molecular weight excluding hydrogens is 199 g/mol. The Morgan fingerprint density at radius 2 is 2.07 bits per heavy atom. The molecule has 0 aliphatic rings. The summed E-state index contributed by atoms with van der Waals surface area (Å²) in [7, 11) is 0. The third-order valence-electron chi connectivity index (χ3n) is 1.92. The molecule has 0 aromatic heterocycles. The largest absolute Gasteiger partial charge is 0.459 e. The molecule has 82 valence electrons. The summed E-state index contributed by atoms with van der Waals surface area (Å²) in [4.78, 5) is 11.3. The van der Waals surface area contributed by atoms with Gasteiger partial charge in [-0.2, -0.15) is 0 Å². The lowest BCUT2D eigenvalue weighted by Crippen LogP contribution is -2.26. The van der Waals surface area contributed by atoms with Crippen LogP contribution < -0.4 is 0 Å². The number of esters is 1. The van der Waals surface area contributed by atoms with Crippen LogP contribution in [0.4, 0.5) is 4.39 Å². The lowest BCUT2D eigenvalue weighted by molar-refractivity contribution is 0.00400. The average Bonchev–Trinajstić information content (AvgIpc) is 2.26. The minimum Gasteiger partial charge on any atom is -0.459 e. The number of ether oxygens (including phenoxy) is 1. The van der Waals surface area contributed by atoms with Gasteiger partial charge in [-0.1, -0.05) is 18.2 Å². The molecule has 15 heavy (non-hydrogen) atoms. The van der Waals surface area contributed by atoms with Gasteiger partial charge < -0.3 is 9.84 Å². The molecule has 1 aromatic rings. The van der Waals surface area contributed by atoms with Crippen LogP contribution in [0.1, 0.15) is 17.3 Å². The third-order valence-corrected chi connectivity index (χ3v) is 1.92. The van der Waals surface area contributed by atoms with E-state index in [-0.39, 0.29) is 6.61 Å². The summed E-state index contributed by atoms with van der Waals surface area (Å²) in [6.07, 6.45) is -2.67. The van der Waals surface area contributed by atoms with E-state index in [9.17, 15) is 9.18 Å². The van der Waals surface area contributed by atoms with Crippen LogP contribution in [0.2, 0.25) is 0 Å². The average molecular weight is 212 g/mol. The molecule has 3 nitrogen and oxygen atoms in total. The van der Waals surface area contributed by atoms with Gasteiger partial charge in [-0.05, 0) is 19.1 Å². The lowest BCUT2D eigenvalue weighted by Gasteiger charge is -2.11. The van der Waals surface area contributed by atoms with E-state index in [0.29, 0.717) is 5.56 Å². The van der Waals surface area contributed by atoms with E-state index >= 15 is 0 Å². The second-order valence-corrected chi connectivity index (χ2v) is 3.21. The van der Waals surface area contributed by atoms with Gasteiger partial charge >= 0.3 is 5.97 Å². The number of carbonyl (C=O) groups is 1. The van der Waals surface area contributed by atoms with Crippen molar-refractivity contribution >= 4 is 5.97 Å². The first-order valence-corrected chi connectivity index (χ1v) is 4.65. The molecule has 0 saturated heterocycles. The van der Waals surface area contributed by atoms with Crippen molar-refractivity contribution in [2.45, 2.75) is 19.2 Å². The number of aliphatic hydroxyl groups is 1. The molecule has 2 atom stereocenters. The Morgan fingerprint density at radius 3 is 2.60 bits per heavy atom. The molecule has 0 radical (unpaired) electrons. The molecule has 0 amide bonds.